The van der Waals surface area contributed by atoms with E-state index in [1.54, 1.807) is 30.3 Å². The normalized spacial score (nSPS) is 11.3. The van der Waals surface area contributed by atoms with Crippen LogP contribution in [0.5, 0.6) is 0 Å². The van der Waals surface area contributed by atoms with Gasteiger partial charge >= 0.3 is 5.97 Å². The standard InChI is InChI=1S/C26H25FN4O5S/c1-36-23(33)15-31-22(32)11-5-6-16-12-13-20(19-9-2-3-10-21(19)37(30,34)35)24(25(16)27)17-7-4-8-18(14-17)26(28)29/h2-5,7-14H,6,15H2,1H3,(H3,28,29)(H,31,32)(H2,30,34,35). The molecule has 0 aliphatic rings. The molecule has 0 unspecified atom stereocenters. The van der Waals surface area contributed by atoms with E-state index in [1.807, 2.05) is 0 Å². The lowest BCUT2D eigenvalue weighted by Crippen LogP contribution is -2.28. The predicted molar refractivity (Wildman–Crippen MR) is 138 cm³/mol. The summed E-state index contributed by atoms with van der Waals surface area (Å²) in [4.78, 5) is 22.9. The molecule has 0 heterocycles. The van der Waals surface area contributed by atoms with Crippen LogP contribution in [0, 0.1) is 11.2 Å². The number of allylic oxidation sites excluding steroid dienone is 1. The summed E-state index contributed by atoms with van der Waals surface area (Å²) in [6, 6.07) is 15.4. The number of nitrogen functional groups attached to an aromatic ring is 1. The monoisotopic (exact) mass is 524 g/mol. The number of carbonyl (C=O) groups is 2. The van der Waals surface area contributed by atoms with E-state index in [1.165, 1.54) is 49.6 Å². The molecule has 6 N–H and O–H groups in total. The number of methoxy groups -OCH3 is 1. The highest BCUT2D eigenvalue weighted by Crippen LogP contribution is 2.38. The first kappa shape index (κ1) is 27.2. The van der Waals surface area contributed by atoms with Crippen LogP contribution in [0.2, 0.25) is 0 Å². The lowest BCUT2D eigenvalue weighted by molar-refractivity contribution is -0.140. The number of nitrogens with one attached hydrogen (secondary N) is 2. The number of nitrogens with two attached hydrogens (primary N) is 2. The van der Waals surface area contributed by atoms with Crippen molar-refractivity contribution in [2.75, 3.05) is 13.7 Å². The van der Waals surface area contributed by atoms with E-state index in [9.17, 15) is 18.0 Å². The third-order valence-corrected chi connectivity index (χ3v) is 6.38. The molecule has 1 amide bonds. The Kier molecular flexibility index (Phi) is 8.53. The number of ether oxygens (including phenoxy) is 1. The quantitative estimate of drug-likeness (QED) is 0.145. The topological polar surface area (TPSA) is 165 Å². The van der Waals surface area contributed by atoms with Crippen LogP contribution in [0.25, 0.3) is 22.3 Å². The molecule has 3 aromatic rings. The fourth-order valence-corrected chi connectivity index (χ4v) is 4.40. The molecule has 0 saturated carbocycles. The number of halogens is 1. The van der Waals surface area contributed by atoms with Crippen molar-refractivity contribution in [2.24, 2.45) is 10.9 Å². The van der Waals surface area contributed by atoms with Gasteiger partial charge in [0.2, 0.25) is 15.9 Å². The third kappa shape index (κ3) is 6.66. The van der Waals surface area contributed by atoms with E-state index in [4.69, 9.17) is 16.3 Å². The molecular weight excluding hydrogens is 499 g/mol. The zero-order chi connectivity index (χ0) is 27.2. The molecule has 37 heavy (non-hydrogen) atoms. The van der Waals surface area contributed by atoms with Gasteiger partial charge in [-0.2, -0.15) is 0 Å². The van der Waals surface area contributed by atoms with Crippen molar-refractivity contribution in [1.29, 1.82) is 5.41 Å². The summed E-state index contributed by atoms with van der Waals surface area (Å²) in [5.74, 6) is -2.03. The zero-order valence-corrected chi connectivity index (χ0v) is 20.6. The van der Waals surface area contributed by atoms with Crippen LogP contribution in [0.3, 0.4) is 0 Å². The van der Waals surface area contributed by atoms with Crippen LogP contribution in [0.1, 0.15) is 11.1 Å². The maximum absolute atomic E-state index is 16.0. The summed E-state index contributed by atoms with van der Waals surface area (Å²) in [6.45, 7) is -0.303. The van der Waals surface area contributed by atoms with Gasteiger partial charge in [0.05, 0.1) is 12.0 Å². The Bertz CT molecular complexity index is 1500. The van der Waals surface area contributed by atoms with Crippen LogP contribution >= 0.6 is 0 Å². The first-order valence-corrected chi connectivity index (χ1v) is 12.5. The van der Waals surface area contributed by atoms with Gasteiger partial charge in [0.1, 0.15) is 18.2 Å². The molecule has 0 aromatic heterocycles. The maximum Gasteiger partial charge on any atom is 0.325 e. The van der Waals surface area contributed by atoms with E-state index in [0.29, 0.717) is 11.1 Å². The molecule has 11 heteroatoms. The first-order valence-electron chi connectivity index (χ1n) is 10.9. The predicted octanol–water partition coefficient (Wildman–Crippen LogP) is 2.48. The van der Waals surface area contributed by atoms with Crippen molar-refractivity contribution < 1.29 is 27.1 Å². The number of primary sulfonamides is 1. The molecule has 0 aliphatic heterocycles. The molecule has 0 radical (unpaired) electrons. The van der Waals surface area contributed by atoms with E-state index in [0.717, 1.165) is 0 Å². The van der Waals surface area contributed by atoms with Crippen molar-refractivity contribution in [3.05, 3.63) is 89.8 Å². The summed E-state index contributed by atoms with van der Waals surface area (Å²) in [5, 5.41) is 15.5. The number of carbonyl (C=O) groups excluding carboxylic acids is 2. The van der Waals surface area contributed by atoms with Crippen LogP contribution in [0.4, 0.5) is 4.39 Å². The average Bonchev–Trinajstić information content (AvgIpc) is 2.87. The van der Waals surface area contributed by atoms with Crippen molar-refractivity contribution in [1.82, 2.24) is 5.32 Å². The number of hydrogen-bond acceptors (Lipinski definition) is 6. The average molecular weight is 525 g/mol. The zero-order valence-electron chi connectivity index (χ0n) is 19.8. The Labute approximate surface area is 213 Å². The number of rotatable bonds is 9. The Morgan fingerprint density at radius 1 is 1.08 bits per heavy atom. The smallest absolute Gasteiger partial charge is 0.325 e. The number of amides is 1. The summed E-state index contributed by atoms with van der Waals surface area (Å²) >= 11 is 0. The molecule has 0 bridgehead atoms. The van der Waals surface area contributed by atoms with Gasteiger partial charge in [-0.05, 0) is 41.3 Å². The number of sulfonamides is 1. The Hall–Kier alpha value is -4.35. The summed E-state index contributed by atoms with van der Waals surface area (Å²) in [6.07, 6.45) is 2.62. The molecule has 0 aliphatic carbocycles. The van der Waals surface area contributed by atoms with E-state index >= 15 is 4.39 Å². The highest BCUT2D eigenvalue weighted by Gasteiger charge is 2.22. The van der Waals surface area contributed by atoms with Crippen molar-refractivity contribution in [3.63, 3.8) is 0 Å². The van der Waals surface area contributed by atoms with Crippen molar-refractivity contribution >= 4 is 27.7 Å². The highest BCUT2D eigenvalue weighted by molar-refractivity contribution is 7.89. The molecular formula is C26H25FN4O5S. The SMILES string of the molecule is COC(=O)CNC(=O)C=CCc1ccc(-c2ccccc2S(N)(=O)=O)c(-c2cccc(C(=N)N)c2)c1F. The van der Waals surface area contributed by atoms with Crippen molar-refractivity contribution in [2.45, 2.75) is 11.3 Å². The molecule has 192 valence electrons. The fourth-order valence-electron chi connectivity index (χ4n) is 3.65. The van der Waals surface area contributed by atoms with E-state index in [-0.39, 0.29) is 46.0 Å². The molecule has 3 aromatic carbocycles. The molecule has 0 saturated heterocycles. The van der Waals surface area contributed by atoms with Crippen LogP contribution < -0.4 is 16.2 Å². The first-order chi connectivity index (χ1) is 17.5. The van der Waals surface area contributed by atoms with Crippen molar-refractivity contribution in [3.8, 4) is 22.3 Å². The van der Waals surface area contributed by atoms with Gasteiger partial charge in [0.25, 0.3) is 0 Å². The second-order valence-electron chi connectivity index (χ2n) is 7.90. The minimum absolute atomic E-state index is 0.0218. The van der Waals surface area contributed by atoms with Gasteiger partial charge in [-0.1, -0.05) is 54.6 Å². The van der Waals surface area contributed by atoms with Crippen LogP contribution in [-0.2, 0) is 30.8 Å². The third-order valence-electron chi connectivity index (χ3n) is 5.41. The van der Waals surface area contributed by atoms with E-state index < -0.39 is 27.7 Å². The number of esters is 1. The fraction of sp³-hybridized carbons (Fsp3) is 0.115. The summed E-state index contributed by atoms with van der Waals surface area (Å²) in [7, 11) is -2.93. The molecule has 0 atom stereocenters. The van der Waals surface area contributed by atoms with Crippen LogP contribution in [-0.4, -0.2) is 39.8 Å². The minimum Gasteiger partial charge on any atom is -0.468 e. The molecule has 0 fully saturated rings. The van der Waals surface area contributed by atoms with Gasteiger partial charge in [-0.25, -0.2) is 17.9 Å². The molecule has 3 rings (SSSR count). The number of benzene rings is 3. The molecule has 9 nitrogen and oxygen atoms in total. The largest absolute Gasteiger partial charge is 0.468 e. The Morgan fingerprint density at radius 3 is 2.49 bits per heavy atom. The highest BCUT2D eigenvalue weighted by atomic mass is 32.2. The van der Waals surface area contributed by atoms with Crippen LogP contribution in [0.15, 0.2) is 77.7 Å². The van der Waals surface area contributed by atoms with Gasteiger partial charge in [0, 0.05) is 16.7 Å². The Morgan fingerprint density at radius 2 is 1.81 bits per heavy atom. The molecule has 0 spiro atoms. The second-order valence-corrected chi connectivity index (χ2v) is 9.43. The summed E-state index contributed by atoms with van der Waals surface area (Å²) < 4.78 is 45.0. The van der Waals surface area contributed by atoms with Gasteiger partial charge in [0.15, 0.2) is 0 Å². The van der Waals surface area contributed by atoms with Gasteiger partial charge in [-0.3, -0.25) is 15.0 Å². The van der Waals surface area contributed by atoms with E-state index in [2.05, 4.69) is 10.1 Å². The number of hydrogen-bond donors (Lipinski definition) is 4. The maximum atomic E-state index is 16.0. The summed E-state index contributed by atoms with van der Waals surface area (Å²) in [5.41, 5.74) is 7.12. The lowest BCUT2D eigenvalue weighted by Gasteiger charge is -2.17. The lowest BCUT2D eigenvalue weighted by atomic mass is 9.90. The van der Waals surface area contributed by atoms with Gasteiger partial charge < -0.3 is 15.8 Å². The Balaban J connectivity index is 2.11. The number of amidine groups is 1. The minimum atomic E-state index is -4.13. The second kappa shape index (κ2) is 11.6. The van der Waals surface area contributed by atoms with Gasteiger partial charge in [-0.15, -0.1) is 0 Å².